The van der Waals surface area contributed by atoms with Crippen molar-refractivity contribution < 1.29 is 19.1 Å². The Hall–Kier alpha value is -2.36. The van der Waals surface area contributed by atoms with E-state index < -0.39 is 29.6 Å². The summed E-state index contributed by atoms with van der Waals surface area (Å²) in [6.45, 7) is 8.94. The number of likely N-dealkylation sites (tertiary alicyclic amines) is 1. The Morgan fingerprint density at radius 1 is 1.17 bits per heavy atom. The molecule has 5 rings (SSSR count). The minimum atomic E-state index is -1.13. The summed E-state index contributed by atoms with van der Waals surface area (Å²) in [6, 6.07) is 6.97. The number of anilines is 1. The van der Waals surface area contributed by atoms with Gasteiger partial charge in [0.15, 0.2) is 0 Å². The summed E-state index contributed by atoms with van der Waals surface area (Å²) in [5.41, 5.74) is -0.438. The number of thioether (sulfide) groups is 1. The minimum absolute atomic E-state index is 0.0687. The van der Waals surface area contributed by atoms with Crippen LogP contribution in [0.5, 0.6) is 0 Å². The molecule has 2 N–H and O–H groups in total. The molecule has 4 aliphatic rings. The predicted octanol–water partition coefficient (Wildman–Crippen LogP) is 4.56. The van der Waals surface area contributed by atoms with Crippen LogP contribution in [0.3, 0.4) is 0 Å². The fraction of sp³-hybridized carbons (Fsp3) is 0.667. The van der Waals surface area contributed by atoms with Crippen molar-refractivity contribution in [2.24, 2.45) is 23.7 Å². The molecule has 3 heterocycles. The number of hydrogen-bond donors (Lipinski definition) is 2. The van der Waals surface area contributed by atoms with Gasteiger partial charge in [0.05, 0.1) is 17.9 Å². The molecule has 8 atom stereocenters. The topological polar surface area (TPSA) is 91.0 Å². The van der Waals surface area contributed by atoms with E-state index in [4.69, 9.17) is 4.74 Å². The summed E-state index contributed by atoms with van der Waals surface area (Å²) < 4.78 is 6.54. The Kier molecular flexibility index (Phi) is 9.69. The lowest BCUT2D eigenvalue weighted by molar-refractivity contribution is -0.141. The van der Waals surface area contributed by atoms with Gasteiger partial charge in [-0.05, 0) is 75.7 Å². The number of carbonyl (C=O) groups is 3. The first-order chi connectivity index (χ1) is 20.2. The first-order valence-electron chi connectivity index (χ1n) is 15.8. The van der Waals surface area contributed by atoms with Crippen LogP contribution in [0.1, 0.15) is 59.3 Å². The standard InChI is InChI=1S/C33H48N4O4S/c1-6-7-17-36(4)18-10-19-37-29(31(39)35-25-14-8-11-21(2)22(25)3)33-16-15-26(41-33)27(28(33)32(37)40)30(38)34-23-12-9-13-24(20-23)42-5/h9,12-13,15-16,20-22,25-29H,6-8,10-11,14,17-19H2,1-5H3,(H,34,38)(H,35,39)/t21-,22-,25-,26+,27-,28+,29+,33+/m1/s1. The first-order valence-corrected chi connectivity index (χ1v) is 17.0. The Balaban J connectivity index is 1.39. The van der Waals surface area contributed by atoms with Crippen molar-refractivity contribution in [2.45, 2.75) is 88.0 Å². The molecule has 2 saturated heterocycles. The monoisotopic (exact) mass is 596 g/mol. The van der Waals surface area contributed by atoms with E-state index in [9.17, 15) is 14.4 Å². The van der Waals surface area contributed by atoms with E-state index in [-0.39, 0.29) is 23.8 Å². The highest BCUT2D eigenvalue weighted by Crippen LogP contribution is 2.55. The number of nitrogens with one attached hydrogen (secondary N) is 2. The Bertz CT molecular complexity index is 1190. The highest BCUT2D eigenvalue weighted by atomic mass is 32.2. The molecule has 1 saturated carbocycles. The van der Waals surface area contributed by atoms with Gasteiger partial charge in [-0.1, -0.05) is 58.3 Å². The Labute approximate surface area is 255 Å². The van der Waals surface area contributed by atoms with Crippen molar-refractivity contribution >= 4 is 35.2 Å². The molecule has 8 nitrogen and oxygen atoms in total. The molecule has 1 spiro atoms. The zero-order chi connectivity index (χ0) is 30.0. The smallest absolute Gasteiger partial charge is 0.246 e. The zero-order valence-electron chi connectivity index (χ0n) is 25.8. The van der Waals surface area contributed by atoms with E-state index in [0.717, 1.165) is 50.1 Å². The fourth-order valence-electron chi connectivity index (χ4n) is 7.53. The van der Waals surface area contributed by atoms with E-state index in [1.165, 1.54) is 6.42 Å². The van der Waals surface area contributed by atoms with Crippen LogP contribution in [0, 0.1) is 23.7 Å². The Morgan fingerprint density at radius 3 is 2.71 bits per heavy atom. The number of fused-ring (bicyclic) bond motifs is 1. The molecule has 3 fully saturated rings. The molecule has 0 radical (unpaired) electrons. The molecule has 3 amide bonds. The first kappa shape index (κ1) is 31.1. The average Bonchev–Trinajstić information content (AvgIpc) is 3.62. The SMILES string of the molecule is CCCCN(C)CCCN1C(=O)[C@@H]2[C@H](C(=O)Nc3cccc(SC)c3)[C@@H]3C=C[C@@]2(O3)[C@@H]1C(=O)N[C@@H]1CCC[C@@H](C)[C@H]1C. The van der Waals surface area contributed by atoms with Crippen LogP contribution in [0.4, 0.5) is 5.69 Å². The van der Waals surface area contributed by atoms with Crippen LogP contribution >= 0.6 is 11.8 Å². The van der Waals surface area contributed by atoms with Gasteiger partial charge >= 0.3 is 0 Å². The number of benzene rings is 1. The van der Waals surface area contributed by atoms with Gasteiger partial charge in [0.25, 0.3) is 0 Å². The van der Waals surface area contributed by atoms with Gasteiger partial charge in [-0.25, -0.2) is 0 Å². The predicted molar refractivity (Wildman–Crippen MR) is 167 cm³/mol. The zero-order valence-corrected chi connectivity index (χ0v) is 26.6. The third-order valence-electron chi connectivity index (χ3n) is 10.1. The van der Waals surface area contributed by atoms with Crippen LogP contribution in [-0.4, -0.2) is 84.2 Å². The van der Waals surface area contributed by atoms with Crippen molar-refractivity contribution in [1.29, 1.82) is 0 Å². The lowest BCUT2D eigenvalue weighted by Gasteiger charge is -2.38. The van der Waals surface area contributed by atoms with E-state index in [1.807, 2.05) is 42.7 Å². The number of rotatable bonds is 12. The molecule has 9 heteroatoms. The van der Waals surface area contributed by atoms with Gasteiger partial charge in [0, 0.05) is 23.2 Å². The highest BCUT2D eigenvalue weighted by Gasteiger charge is 2.72. The maximum Gasteiger partial charge on any atom is 0.246 e. The molecule has 230 valence electrons. The number of unbranched alkanes of at least 4 members (excludes halogenated alkanes) is 1. The van der Waals surface area contributed by atoms with Crippen molar-refractivity contribution in [3.05, 3.63) is 36.4 Å². The maximum absolute atomic E-state index is 14.2. The molecule has 3 aliphatic heterocycles. The van der Waals surface area contributed by atoms with Crippen molar-refractivity contribution in [2.75, 3.05) is 38.3 Å². The van der Waals surface area contributed by atoms with Gasteiger partial charge < -0.3 is 25.2 Å². The fourth-order valence-corrected chi connectivity index (χ4v) is 7.99. The third kappa shape index (κ3) is 5.89. The molecule has 1 aromatic rings. The van der Waals surface area contributed by atoms with Crippen LogP contribution in [-0.2, 0) is 19.1 Å². The second kappa shape index (κ2) is 13.1. The largest absolute Gasteiger partial charge is 0.359 e. The summed E-state index contributed by atoms with van der Waals surface area (Å²) in [6.07, 6.45) is 11.5. The normalized spacial score (nSPS) is 33.3. The maximum atomic E-state index is 14.2. The quantitative estimate of drug-likeness (QED) is 0.272. The summed E-state index contributed by atoms with van der Waals surface area (Å²) in [5.74, 6) is -1.07. The molecule has 42 heavy (non-hydrogen) atoms. The highest BCUT2D eigenvalue weighted by molar-refractivity contribution is 7.98. The average molecular weight is 597 g/mol. The van der Waals surface area contributed by atoms with Crippen molar-refractivity contribution in [1.82, 2.24) is 15.1 Å². The van der Waals surface area contributed by atoms with Gasteiger partial charge in [0.1, 0.15) is 11.6 Å². The third-order valence-corrected chi connectivity index (χ3v) is 10.9. The van der Waals surface area contributed by atoms with Crippen LogP contribution in [0.25, 0.3) is 0 Å². The van der Waals surface area contributed by atoms with Crippen molar-refractivity contribution in [3.63, 3.8) is 0 Å². The van der Waals surface area contributed by atoms with Gasteiger partial charge in [-0.2, -0.15) is 0 Å². The molecular formula is C33H48N4O4S. The van der Waals surface area contributed by atoms with Crippen LogP contribution in [0.2, 0.25) is 0 Å². The summed E-state index contributed by atoms with van der Waals surface area (Å²) >= 11 is 1.61. The summed E-state index contributed by atoms with van der Waals surface area (Å²) in [7, 11) is 2.10. The number of carbonyl (C=O) groups excluding carboxylic acids is 3. The second-order valence-electron chi connectivity index (χ2n) is 12.8. The van der Waals surface area contributed by atoms with Gasteiger partial charge in [0.2, 0.25) is 17.7 Å². The van der Waals surface area contributed by atoms with Crippen LogP contribution < -0.4 is 10.6 Å². The van der Waals surface area contributed by atoms with Gasteiger partial charge in [-0.15, -0.1) is 11.8 Å². The molecular weight excluding hydrogens is 548 g/mol. The number of ether oxygens (including phenoxy) is 1. The van der Waals surface area contributed by atoms with E-state index >= 15 is 0 Å². The van der Waals surface area contributed by atoms with E-state index in [0.29, 0.717) is 24.1 Å². The molecule has 1 aliphatic carbocycles. The molecule has 0 unspecified atom stereocenters. The Morgan fingerprint density at radius 2 is 1.95 bits per heavy atom. The molecule has 1 aromatic carbocycles. The van der Waals surface area contributed by atoms with Crippen molar-refractivity contribution in [3.8, 4) is 0 Å². The molecule has 2 bridgehead atoms. The number of amides is 3. The van der Waals surface area contributed by atoms with Gasteiger partial charge in [-0.3, -0.25) is 14.4 Å². The number of nitrogens with zero attached hydrogens (tertiary/aromatic N) is 2. The summed E-state index contributed by atoms with van der Waals surface area (Å²) in [5, 5.41) is 6.39. The molecule has 0 aromatic heterocycles. The second-order valence-corrected chi connectivity index (χ2v) is 13.7. The van der Waals surface area contributed by atoms with E-state index in [2.05, 4.69) is 43.4 Å². The summed E-state index contributed by atoms with van der Waals surface area (Å²) in [4.78, 5) is 47.3. The lowest BCUT2D eigenvalue weighted by atomic mass is 9.73. The minimum Gasteiger partial charge on any atom is -0.359 e. The van der Waals surface area contributed by atoms with Crippen LogP contribution in [0.15, 0.2) is 41.3 Å². The lowest BCUT2D eigenvalue weighted by Crippen LogP contribution is -2.58. The van der Waals surface area contributed by atoms with E-state index in [1.54, 1.807) is 16.7 Å². The number of hydrogen-bond acceptors (Lipinski definition) is 6.